The summed E-state index contributed by atoms with van der Waals surface area (Å²) in [7, 11) is 4.90. The van der Waals surface area contributed by atoms with Gasteiger partial charge in [0.1, 0.15) is 30.9 Å². The van der Waals surface area contributed by atoms with Gasteiger partial charge < -0.3 is 35.3 Å². The number of hydrogen-bond acceptors (Lipinski definition) is 7. The molecular formula is C36H35F5N6O4. The van der Waals surface area contributed by atoms with E-state index in [1.165, 1.54) is 25.4 Å². The minimum Gasteiger partial charge on any atom is -0.496 e. The maximum absolute atomic E-state index is 14.5. The second kappa shape index (κ2) is 15.2. The SMILES string of the molecule is C=C(F)C(=O)Nc1ccc(-c2c(-c3ccc(C(=O)NCC(F)(F)F)c(OC)c3)c3c(N)ncc(C#CCO[C@H]4CCN(C)C[C@H]4F)c3n2C)cc1. The summed E-state index contributed by atoms with van der Waals surface area (Å²) in [5.41, 5.74) is 9.92. The third kappa shape index (κ3) is 8.30. The molecule has 2 aromatic carbocycles. The fourth-order valence-electron chi connectivity index (χ4n) is 5.94. The number of anilines is 2. The summed E-state index contributed by atoms with van der Waals surface area (Å²) in [6.45, 7) is 2.43. The number of nitrogens with two attached hydrogens (primary N) is 1. The van der Waals surface area contributed by atoms with Crippen molar-refractivity contribution in [2.45, 2.75) is 24.9 Å². The molecule has 0 spiro atoms. The van der Waals surface area contributed by atoms with Crippen molar-refractivity contribution >= 4 is 34.2 Å². The second-order valence-corrected chi connectivity index (χ2v) is 11.9. The Kier molecular flexibility index (Phi) is 11.0. The zero-order chi connectivity index (χ0) is 37.0. The van der Waals surface area contributed by atoms with Crippen LogP contribution in [0.3, 0.4) is 0 Å². The van der Waals surface area contributed by atoms with Crippen molar-refractivity contribution < 1.29 is 41.0 Å². The molecule has 2 atom stereocenters. The van der Waals surface area contributed by atoms with Gasteiger partial charge in [-0.25, -0.2) is 13.8 Å². The van der Waals surface area contributed by atoms with E-state index in [1.54, 1.807) is 37.4 Å². The number of benzene rings is 2. The summed E-state index contributed by atoms with van der Waals surface area (Å²) in [4.78, 5) is 30.8. The van der Waals surface area contributed by atoms with Crippen molar-refractivity contribution in [1.29, 1.82) is 0 Å². The molecule has 2 amide bonds. The van der Waals surface area contributed by atoms with E-state index in [4.69, 9.17) is 15.2 Å². The zero-order valence-electron chi connectivity index (χ0n) is 28.0. The van der Waals surface area contributed by atoms with Gasteiger partial charge in [-0.3, -0.25) is 9.59 Å². The van der Waals surface area contributed by atoms with E-state index in [9.17, 15) is 31.5 Å². The van der Waals surface area contributed by atoms with Crippen LogP contribution in [0.4, 0.5) is 33.5 Å². The first-order valence-corrected chi connectivity index (χ1v) is 15.7. The van der Waals surface area contributed by atoms with Gasteiger partial charge in [0.15, 0.2) is 5.83 Å². The van der Waals surface area contributed by atoms with Crippen LogP contribution in [0, 0.1) is 11.8 Å². The highest BCUT2D eigenvalue weighted by Crippen LogP contribution is 2.44. The summed E-state index contributed by atoms with van der Waals surface area (Å²) in [5, 5.41) is 4.73. The smallest absolute Gasteiger partial charge is 0.405 e. The number of rotatable bonds is 9. The molecule has 0 saturated carbocycles. The number of likely N-dealkylation sites (tertiary alicyclic amines) is 1. The van der Waals surface area contributed by atoms with Gasteiger partial charge in [0.25, 0.3) is 11.8 Å². The molecule has 2 aromatic heterocycles. The average Bonchev–Trinajstić information content (AvgIpc) is 3.40. The molecule has 10 nitrogen and oxygen atoms in total. The highest BCUT2D eigenvalue weighted by atomic mass is 19.4. The van der Waals surface area contributed by atoms with Crippen molar-refractivity contribution in [2.75, 3.05) is 51.4 Å². The lowest BCUT2D eigenvalue weighted by atomic mass is 9.96. The van der Waals surface area contributed by atoms with Gasteiger partial charge in [-0.1, -0.05) is 36.6 Å². The molecule has 15 heteroatoms. The number of piperidine rings is 1. The van der Waals surface area contributed by atoms with Crippen molar-refractivity contribution in [2.24, 2.45) is 7.05 Å². The number of amides is 2. The minimum absolute atomic E-state index is 0.000612. The largest absolute Gasteiger partial charge is 0.496 e. The Morgan fingerprint density at radius 2 is 1.84 bits per heavy atom. The summed E-state index contributed by atoms with van der Waals surface area (Å²) < 4.78 is 79.3. The fourth-order valence-corrected chi connectivity index (χ4v) is 5.94. The van der Waals surface area contributed by atoms with Gasteiger partial charge in [0.05, 0.1) is 40.9 Å². The number of carbonyl (C=O) groups excluding carboxylic acids is 2. The number of ether oxygens (including phenoxy) is 2. The molecule has 0 radical (unpaired) electrons. The zero-order valence-corrected chi connectivity index (χ0v) is 28.0. The predicted molar refractivity (Wildman–Crippen MR) is 183 cm³/mol. The molecule has 1 saturated heterocycles. The molecule has 0 aliphatic carbocycles. The third-order valence-electron chi connectivity index (χ3n) is 8.36. The number of alkyl halides is 4. The Labute approximate surface area is 290 Å². The van der Waals surface area contributed by atoms with Crippen LogP contribution < -0.4 is 21.1 Å². The van der Waals surface area contributed by atoms with Crippen LogP contribution >= 0.6 is 0 Å². The molecular weight excluding hydrogens is 675 g/mol. The van der Waals surface area contributed by atoms with Crippen LogP contribution in [0.1, 0.15) is 22.3 Å². The van der Waals surface area contributed by atoms with Crippen LogP contribution in [-0.2, 0) is 16.6 Å². The predicted octanol–water partition coefficient (Wildman–Crippen LogP) is 5.62. The van der Waals surface area contributed by atoms with E-state index >= 15 is 0 Å². The lowest BCUT2D eigenvalue weighted by Crippen LogP contribution is -2.43. The standard InChI is InChI=1S/C36H35F5N6O4/c1-20(37)34(48)45-24-10-7-21(8-11-24)31-29(22-9-12-25(28(16-22)50-4)35(49)44-19-36(39,40)41)30-32(47(31)3)23(17-43-33(30)42)6-5-15-51-27-13-14-46(2)18-26(27)38/h7-12,16-17,26-27H,1,13-15,18-19H2,2-4H3,(H2,42,43)(H,44,49)(H,45,48)/t26-,27+/m1/s1. The maximum atomic E-state index is 14.5. The summed E-state index contributed by atoms with van der Waals surface area (Å²) in [6, 6.07) is 10.9. The number of fused-ring (bicyclic) bond motifs is 1. The lowest BCUT2D eigenvalue weighted by Gasteiger charge is -2.31. The molecule has 1 aliphatic heterocycles. The number of aromatic nitrogens is 2. The van der Waals surface area contributed by atoms with E-state index in [0.29, 0.717) is 57.5 Å². The van der Waals surface area contributed by atoms with E-state index in [2.05, 4.69) is 28.7 Å². The molecule has 0 unspecified atom stereocenters. The molecule has 4 N–H and O–H groups in total. The van der Waals surface area contributed by atoms with Gasteiger partial charge in [-0.15, -0.1) is 0 Å². The monoisotopic (exact) mass is 710 g/mol. The summed E-state index contributed by atoms with van der Waals surface area (Å²) in [6.07, 6.45) is -4.28. The molecule has 4 aromatic rings. The number of pyridine rings is 1. The Morgan fingerprint density at radius 1 is 1.14 bits per heavy atom. The Balaban J connectivity index is 1.62. The normalized spacial score (nSPS) is 16.3. The first kappa shape index (κ1) is 36.8. The lowest BCUT2D eigenvalue weighted by molar-refractivity contribution is -0.123. The number of aryl methyl sites for hydroxylation is 1. The van der Waals surface area contributed by atoms with Gasteiger partial charge >= 0.3 is 6.18 Å². The molecule has 3 heterocycles. The summed E-state index contributed by atoms with van der Waals surface area (Å²) >= 11 is 0. The third-order valence-corrected chi connectivity index (χ3v) is 8.36. The van der Waals surface area contributed by atoms with Gasteiger partial charge in [0, 0.05) is 37.6 Å². The van der Waals surface area contributed by atoms with E-state index in [0.717, 1.165) is 0 Å². The van der Waals surface area contributed by atoms with Crippen LogP contribution in [0.25, 0.3) is 33.3 Å². The number of carbonyl (C=O) groups is 2. The van der Waals surface area contributed by atoms with E-state index < -0.39 is 42.6 Å². The van der Waals surface area contributed by atoms with Crippen molar-refractivity contribution in [1.82, 2.24) is 19.8 Å². The van der Waals surface area contributed by atoms with Crippen LogP contribution in [0.2, 0.25) is 0 Å². The maximum Gasteiger partial charge on any atom is 0.405 e. The van der Waals surface area contributed by atoms with Crippen LogP contribution in [0.15, 0.2) is 61.1 Å². The molecule has 51 heavy (non-hydrogen) atoms. The number of methoxy groups -OCH3 is 1. The van der Waals surface area contributed by atoms with Gasteiger partial charge in [-0.2, -0.15) is 13.2 Å². The Hall–Kier alpha value is -5.46. The second-order valence-electron chi connectivity index (χ2n) is 11.9. The number of halogens is 5. The number of nitrogens with one attached hydrogen (secondary N) is 2. The number of hydrogen-bond donors (Lipinski definition) is 3. The first-order valence-electron chi connectivity index (χ1n) is 15.7. The van der Waals surface area contributed by atoms with E-state index in [1.807, 2.05) is 21.8 Å². The first-order chi connectivity index (χ1) is 24.2. The number of nitrogen functional groups attached to an aromatic ring is 1. The quantitative estimate of drug-likeness (QED) is 0.117. The highest BCUT2D eigenvalue weighted by molar-refractivity contribution is 6.11. The van der Waals surface area contributed by atoms with Crippen molar-refractivity contribution in [3.05, 3.63) is 72.2 Å². The molecule has 1 fully saturated rings. The molecule has 5 rings (SSSR count). The number of nitrogens with zero attached hydrogens (tertiary/aromatic N) is 3. The van der Waals surface area contributed by atoms with Gasteiger partial charge in [0.2, 0.25) is 0 Å². The summed E-state index contributed by atoms with van der Waals surface area (Å²) in [5.74, 6) is 3.02. The minimum atomic E-state index is -4.61. The topological polar surface area (TPSA) is 124 Å². The Morgan fingerprint density at radius 3 is 2.49 bits per heavy atom. The molecule has 268 valence electrons. The van der Waals surface area contributed by atoms with Crippen molar-refractivity contribution in [3.63, 3.8) is 0 Å². The molecule has 1 aliphatic rings. The highest BCUT2D eigenvalue weighted by Gasteiger charge is 2.30. The Bertz CT molecular complexity index is 2030. The fraction of sp³-hybridized carbons (Fsp3) is 0.306. The van der Waals surface area contributed by atoms with Crippen molar-refractivity contribution in [3.8, 4) is 40.0 Å². The molecule has 0 bridgehead atoms. The van der Waals surface area contributed by atoms with E-state index in [-0.39, 0.29) is 30.3 Å². The van der Waals surface area contributed by atoms with Crippen LogP contribution in [0.5, 0.6) is 5.75 Å². The van der Waals surface area contributed by atoms with Crippen LogP contribution in [-0.4, -0.2) is 85.1 Å². The average molecular weight is 711 g/mol. The van der Waals surface area contributed by atoms with Gasteiger partial charge in [-0.05, 0) is 48.9 Å².